The predicted molar refractivity (Wildman–Crippen MR) is 92.2 cm³/mol. The molecule has 0 saturated heterocycles. The van der Waals surface area contributed by atoms with Crippen LogP contribution in [0.4, 0.5) is 26.3 Å². The number of primary amides is 1. The molecule has 3 aromatic rings. The summed E-state index contributed by atoms with van der Waals surface area (Å²) in [4.78, 5) is 15.0. The number of hydrogen-bond donors (Lipinski definition) is 2. The maximum Gasteiger partial charge on any atom is 0.456 e. The molecule has 0 spiro atoms. The van der Waals surface area contributed by atoms with Crippen molar-refractivity contribution in [3.05, 3.63) is 54.1 Å². The molecule has 1 aromatic heterocycles. The van der Waals surface area contributed by atoms with Gasteiger partial charge in [0.05, 0.1) is 0 Å². The van der Waals surface area contributed by atoms with E-state index in [4.69, 9.17) is 5.73 Å². The number of nitrogens with two attached hydrogens (primary N) is 1. The van der Waals surface area contributed by atoms with Crippen molar-refractivity contribution >= 4 is 5.91 Å². The summed E-state index contributed by atoms with van der Waals surface area (Å²) in [5.41, 5.74) is 5.81. The van der Waals surface area contributed by atoms with Crippen molar-refractivity contribution in [1.29, 1.82) is 0 Å². The van der Waals surface area contributed by atoms with Gasteiger partial charge in [-0.3, -0.25) is 9.89 Å². The van der Waals surface area contributed by atoms with Crippen LogP contribution in [0.1, 0.15) is 10.6 Å². The molecule has 0 atom stereocenters. The lowest BCUT2D eigenvalue weighted by Crippen LogP contribution is -2.41. The molecular formula is C18H12F6N4O2. The molecule has 0 radical (unpaired) electrons. The van der Waals surface area contributed by atoms with E-state index in [0.29, 0.717) is 17.2 Å². The number of carbonyl (C=O) groups is 1. The highest BCUT2D eigenvalue weighted by Crippen LogP contribution is 2.38. The summed E-state index contributed by atoms with van der Waals surface area (Å²) in [6.07, 6.45) is -5.82. The first-order valence-electron chi connectivity index (χ1n) is 8.18. The lowest BCUT2D eigenvalue weighted by molar-refractivity contribution is -0.289. The molecule has 2 aromatic carbocycles. The summed E-state index contributed by atoms with van der Waals surface area (Å²) in [5.74, 6) is -7.48. The second-order valence-corrected chi connectivity index (χ2v) is 6.08. The number of hydrogen-bond acceptors (Lipinski definition) is 4. The normalized spacial score (nSPS) is 12.1. The van der Waals surface area contributed by atoms with E-state index in [1.165, 1.54) is 24.3 Å². The molecule has 30 heavy (non-hydrogen) atoms. The number of nitrogens with zero attached hydrogens (tertiary/aromatic N) is 2. The summed E-state index contributed by atoms with van der Waals surface area (Å²) in [7, 11) is 0. The van der Waals surface area contributed by atoms with Crippen LogP contribution in [0.3, 0.4) is 0 Å². The zero-order valence-electron chi connectivity index (χ0n) is 14.8. The van der Waals surface area contributed by atoms with Gasteiger partial charge in [-0.15, -0.1) is 0 Å². The number of benzene rings is 2. The maximum absolute atomic E-state index is 13.6. The van der Waals surface area contributed by atoms with Crippen LogP contribution in [-0.2, 0) is 0 Å². The van der Waals surface area contributed by atoms with Crippen LogP contribution in [0.2, 0.25) is 0 Å². The van der Waals surface area contributed by atoms with Crippen LogP contribution in [0.25, 0.3) is 22.5 Å². The van der Waals surface area contributed by atoms with Crippen LogP contribution in [-0.4, -0.2) is 39.8 Å². The van der Waals surface area contributed by atoms with E-state index in [1.807, 2.05) is 0 Å². The maximum atomic E-state index is 13.6. The van der Waals surface area contributed by atoms with Crippen molar-refractivity contribution in [2.24, 2.45) is 5.73 Å². The van der Waals surface area contributed by atoms with E-state index >= 15 is 0 Å². The molecule has 0 unspecified atom stereocenters. The van der Waals surface area contributed by atoms with E-state index in [1.54, 1.807) is 6.07 Å². The first-order valence-corrected chi connectivity index (χ1v) is 8.18. The molecule has 0 aliphatic rings. The Hall–Kier alpha value is -3.57. The van der Waals surface area contributed by atoms with Gasteiger partial charge < -0.3 is 10.5 Å². The highest BCUT2D eigenvalue weighted by Gasteiger charge is 2.58. The lowest BCUT2D eigenvalue weighted by Gasteiger charge is -2.21. The van der Waals surface area contributed by atoms with Gasteiger partial charge in [-0.1, -0.05) is 18.2 Å². The Balaban J connectivity index is 1.95. The second-order valence-electron chi connectivity index (χ2n) is 6.08. The molecular weight excluding hydrogens is 418 g/mol. The van der Waals surface area contributed by atoms with Gasteiger partial charge >= 0.3 is 12.1 Å². The van der Waals surface area contributed by atoms with Gasteiger partial charge in [0.25, 0.3) is 5.91 Å². The van der Waals surface area contributed by atoms with Crippen LogP contribution in [0.15, 0.2) is 42.5 Å². The number of carbonyl (C=O) groups excluding carboxylic acids is 1. The molecule has 6 nitrogen and oxygen atoms in total. The third kappa shape index (κ3) is 4.36. The van der Waals surface area contributed by atoms with Crippen LogP contribution in [0.5, 0.6) is 5.75 Å². The van der Waals surface area contributed by atoms with Crippen molar-refractivity contribution in [2.45, 2.75) is 12.1 Å². The van der Waals surface area contributed by atoms with E-state index in [0.717, 1.165) is 6.07 Å². The Morgan fingerprint density at radius 3 is 2.40 bits per heavy atom. The molecule has 0 aliphatic carbocycles. The Bertz CT molecular complexity index is 1080. The molecule has 1 amide bonds. The summed E-state index contributed by atoms with van der Waals surface area (Å²) in [5, 5.41) is 6.16. The summed E-state index contributed by atoms with van der Waals surface area (Å²) in [6, 6.07) is 8.88. The van der Waals surface area contributed by atoms with Crippen molar-refractivity contribution in [2.75, 3.05) is 6.61 Å². The van der Waals surface area contributed by atoms with E-state index in [-0.39, 0.29) is 17.2 Å². The SMILES string of the molecule is NC(=O)c1nc(-c2cccc(-c3ccc(F)cc3OCC(F)(F)C(F)(F)F)c2)n[nH]1. The first-order chi connectivity index (χ1) is 14.0. The largest absolute Gasteiger partial charge is 0.486 e. The first kappa shape index (κ1) is 21.1. The number of alkyl halides is 5. The minimum Gasteiger partial charge on any atom is -0.486 e. The number of ether oxygens (including phenoxy) is 1. The fraction of sp³-hybridized carbons (Fsp3) is 0.167. The van der Waals surface area contributed by atoms with Crippen molar-refractivity contribution in [3.63, 3.8) is 0 Å². The number of halogens is 6. The van der Waals surface area contributed by atoms with Crippen molar-refractivity contribution in [3.8, 4) is 28.3 Å². The van der Waals surface area contributed by atoms with E-state index in [2.05, 4.69) is 19.9 Å². The molecule has 3 rings (SSSR count). The third-order valence-electron chi connectivity index (χ3n) is 3.92. The van der Waals surface area contributed by atoms with E-state index in [9.17, 15) is 31.1 Å². The minimum atomic E-state index is -5.82. The van der Waals surface area contributed by atoms with Gasteiger partial charge in [-0.25, -0.2) is 9.37 Å². The van der Waals surface area contributed by atoms with Gasteiger partial charge in [-0.05, 0) is 23.8 Å². The van der Waals surface area contributed by atoms with Crippen LogP contribution in [0, 0.1) is 5.82 Å². The molecule has 0 saturated carbocycles. The van der Waals surface area contributed by atoms with Gasteiger partial charge in [0.15, 0.2) is 12.4 Å². The second kappa shape index (κ2) is 7.69. The molecule has 1 heterocycles. The molecule has 0 bridgehead atoms. The molecule has 12 heteroatoms. The Kier molecular flexibility index (Phi) is 5.42. The summed E-state index contributed by atoms with van der Waals surface area (Å²) in [6.45, 7) is -2.02. The van der Waals surface area contributed by atoms with Gasteiger partial charge in [0.2, 0.25) is 5.82 Å². The van der Waals surface area contributed by atoms with Crippen LogP contribution < -0.4 is 10.5 Å². The number of aromatic amines is 1. The predicted octanol–water partition coefficient (Wildman–Crippen LogP) is 3.95. The quantitative estimate of drug-likeness (QED) is 0.579. The standard InChI is InChI=1S/C18H12F6N4O2/c19-11-4-5-12(13(7-11)30-8-17(20,21)18(22,23)24)9-2-1-3-10(6-9)15-26-16(14(25)29)28-27-15/h1-7H,8H2,(H2,25,29)(H,26,27,28). The number of rotatable bonds is 6. The number of aromatic nitrogens is 3. The van der Waals surface area contributed by atoms with Gasteiger partial charge in [-0.2, -0.15) is 27.1 Å². The third-order valence-corrected chi connectivity index (χ3v) is 3.92. The Labute approximate surface area is 164 Å². The lowest BCUT2D eigenvalue weighted by atomic mass is 10.0. The Morgan fingerprint density at radius 1 is 1.07 bits per heavy atom. The smallest absolute Gasteiger partial charge is 0.456 e. The zero-order valence-corrected chi connectivity index (χ0v) is 14.8. The van der Waals surface area contributed by atoms with Crippen molar-refractivity contribution in [1.82, 2.24) is 15.2 Å². The topological polar surface area (TPSA) is 93.9 Å². The van der Waals surface area contributed by atoms with Gasteiger partial charge in [0.1, 0.15) is 11.6 Å². The number of H-pyrrole nitrogens is 1. The number of amides is 1. The van der Waals surface area contributed by atoms with Gasteiger partial charge in [0, 0.05) is 17.2 Å². The summed E-state index contributed by atoms with van der Waals surface area (Å²) < 4.78 is 81.8. The van der Waals surface area contributed by atoms with Crippen LogP contribution >= 0.6 is 0 Å². The molecule has 0 fully saturated rings. The fourth-order valence-electron chi connectivity index (χ4n) is 2.43. The van der Waals surface area contributed by atoms with E-state index < -0.39 is 36.2 Å². The molecule has 3 N–H and O–H groups in total. The average Bonchev–Trinajstić information content (AvgIpc) is 3.16. The highest BCUT2D eigenvalue weighted by molar-refractivity contribution is 5.89. The van der Waals surface area contributed by atoms with Crippen molar-refractivity contribution < 1.29 is 35.9 Å². The monoisotopic (exact) mass is 430 g/mol. The molecule has 0 aliphatic heterocycles. The minimum absolute atomic E-state index is 0.0573. The average molecular weight is 430 g/mol. The Morgan fingerprint density at radius 2 is 1.77 bits per heavy atom. The number of nitrogens with one attached hydrogen (secondary N) is 1. The summed E-state index contributed by atoms with van der Waals surface area (Å²) >= 11 is 0. The molecule has 158 valence electrons. The fourth-order valence-corrected chi connectivity index (χ4v) is 2.43. The zero-order chi connectivity index (χ0) is 22.1. The highest BCUT2D eigenvalue weighted by atomic mass is 19.4.